The number of nitriles is 1. The van der Waals surface area contributed by atoms with E-state index in [1.165, 1.54) is 24.4 Å². The van der Waals surface area contributed by atoms with Crippen LogP contribution in [0.4, 0.5) is 10.2 Å². The number of piperazine rings is 1. The van der Waals surface area contributed by atoms with Crippen molar-refractivity contribution in [2.75, 3.05) is 38.1 Å². The molecule has 10 nitrogen and oxygen atoms in total. The van der Waals surface area contributed by atoms with Crippen LogP contribution in [0.15, 0.2) is 80.6 Å². The van der Waals surface area contributed by atoms with Gasteiger partial charge in [-0.1, -0.05) is 41.8 Å². The van der Waals surface area contributed by atoms with Crippen molar-refractivity contribution in [1.82, 2.24) is 20.1 Å². The molecule has 5 rings (SSSR count). The summed E-state index contributed by atoms with van der Waals surface area (Å²) in [5, 5.41) is 16.1. The maximum absolute atomic E-state index is 14.7. The summed E-state index contributed by atoms with van der Waals surface area (Å²) in [7, 11) is 1.70. The van der Waals surface area contributed by atoms with E-state index in [1.807, 2.05) is 37.8 Å². The molecule has 1 fully saturated rings. The number of pyridine rings is 1. The predicted octanol–water partition coefficient (Wildman–Crippen LogP) is 6.14. The van der Waals surface area contributed by atoms with Crippen LogP contribution >= 0.6 is 15.9 Å². The summed E-state index contributed by atoms with van der Waals surface area (Å²) in [6, 6.07) is 14.5. The van der Waals surface area contributed by atoms with Crippen molar-refractivity contribution < 1.29 is 13.9 Å². The highest BCUT2D eigenvalue weighted by molar-refractivity contribution is 9.10. The lowest BCUT2D eigenvalue weighted by Crippen LogP contribution is -2.49. The molecule has 0 bridgehead atoms. The third-order valence-electron chi connectivity index (χ3n) is 6.61. The van der Waals surface area contributed by atoms with E-state index < -0.39 is 11.7 Å². The van der Waals surface area contributed by atoms with Crippen molar-refractivity contribution >= 4 is 44.6 Å². The van der Waals surface area contributed by atoms with Crippen LogP contribution in [0.3, 0.4) is 0 Å². The summed E-state index contributed by atoms with van der Waals surface area (Å²) in [4.78, 5) is 36.9. The van der Waals surface area contributed by atoms with Gasteiger partial charge in [0, 0.05) is 55.7 Å². The number of carbonyl (C=O) groups is 1. The van der Waals surface area contributed by atoms with Crippen LogP contribution in [0, 0.1) is 29.5 Å². The smallest absolute Gasteiger partial charge is 0.272 e. The molecule has 2 aromatic heterocycles. The number of benzene rings is 2. The molecule has 1 aliphatic heterocycles. The fraction of sp³-hybridized carbons (Fsp3) is 0.235. The van der Waals surface area contributed by atoms with Crippen LogP contribution in [-0.2, 0) is 0 Å². The Hall–Kier alpha value is -5.33. The highest BCUT2D eigenvalue weighted by Crippen LogP contribution is 2.29. The first-order valence-corrected chi connectivity index (χ1v) is 15.2. The first-order chi connectivity index (χ1) is 22.3. The number of H-pyrrole nitrogens is 1. The van der Waals surface area contributed by atoms with Crippen molar-refractivity contribution in [3.05, 3.63) is 98.1 Å². The van der Waals surface area contributed by atoms with Crippen LogP contribution < -0.4 is 15.2 Å². The van der Waals surface area contributed by atoms with Crippen molar-refractivity contribution in [2.24, 2.45) is 4.99 Å². The minimum atomic E-state index is -0.660. The molecule has 0 spiro atoms. The molecule has 0 radical (unpaired) electrons. The van der Waals surface area contributed by atoms with Gasteiger partial charge in [-0.2, -0.15) is 5.26 Å². The monoisotopic (exact) mass is 685 g/mol. The van der Waals surface area contributed by atoms with Gasteiger partial charge in [0.2, 0.25) is 5.88 Å². The van der Waals surface area contributed by atoms with Crippen LogP contribution in [0.5, 0.6) is 11.6 Å². The number of halogens is 2. The van der Waals surface area contributed by atoms with Crippen molar-refractivity contribution in [2.45, 2.75) is 20.8 Å². The second kappa shape index (κ2) is 17.2. The van der Waals surface area contributed by atoms with Crippen LogP contribution in [0.2, 0.25) is 0 Å². The second-order valence-corrected chi connectivity index (χ2v) is 10.3. The number of nitrogens with one attached hydrogen (secondary N) is 1. The van der Waals surface area contributed by atoms with Crippen LogP contribution in [-0.4, -0.2) is 65.4 Å². The number of carbonyl (C=O) groups excluding carboxylic acids is 1. The van der Waals surface area contributed by atoms with E-state index in [2.05, 4.69) is 42.0 Å². The number of aromatic amines is 1. The minimum Gasteiger partial charge on any atom is -0.437 e. The molecule has 0 aliphatic carbocycles. The molecule has 1 aliphatic rings. The summed E-state index contributed by atoms with van der Waals surface area (Å²) >= 11 is 3.34. The summed E-state index contributed by atoms with van der Waals surface area (Å²) < 4.78 is 21.2. The molecule has 1 amide bonds. The van der Waals surface area contributed by atoms with Gasteiger partial charge in [-0.15, -0.1) is 11.5 Å². The minimum absolute atomic E-state index is 0.117. The summed E-state index contributed by atoms with van der Waals surface area (Å²) in [5.41, 5.74) is 0.813. The second-order valence-electron chi connectivity index (χ2n) is 9.36. The number of ether oxygens (including phenoxy) is 1. The molecular weight excluding hydrogens is 653 g/mol. The van der Waals surface area contributed by atoms with Crippen LogP contribution in [0.25, 0.3) is 10.8 Å². The normalized spacial score (nSPS) is 12.7. The largest absolute Gasteiger partial charge is 0.437 e. The van der Waals surface area contributed by atoms with Crippen LogP contribution in [0.1, 0.15) is 36.7 Å². The predicted molar refractivity (Wildman–Crippen MR) is 182 cm³/mol. The Kier molecular flexibility index (Phi) is 13.2. The molecule has 1 saturated heterocycles. The third kappa shape index (κ3) is 8.87. The summed E-state index contributed by atoms with van der Waals surface area (Å²) in [6.07, 6.45) is 10.1. The lowest BCUT2D eigenvalue weighted by Gasteiger charge is -2.35. The zero-order valence-corrected chi connectivity index (χ0v) is 27.5. The summed E-state index contributed by atoms with van der Waals surface area (Å²) in [6.45, 7) is 7.69. The fourth-order valence-electron chi connectivity index (χ4n) is 4.32. The van der Waals surface area contributed by atoms with E-state index in [0.717, 1.165) is 15.9 Å². The highest BCUT2D eigenvalue weighted by Gasteiger charge is 2.25. The average molecular weight is 687 g/mol. The first kappa shape index (κ1) is 35.2. The molecule has 46 heavy (non-hydrogen) atoms. The molecule has 1 N–H and O–H groups in total. The number of aliphatic imine (C=N–C) groups is 1. The first-order valence-electron chi connectivity index (χ1n) is 14.4. The molecule has 3 heterocycles. The summed E-state index contributed by atoms with van der Waals surface area (Å²) in [5.74, 6) is 2.41. The van der Waals surface area contributed by atoms with E-state index >= 15 is 0 Å². The van der Waals surface area contributed by atoms with Crippen molar-refractivity contribution in [3.8, 4) is 30.0 Å². The molecule has 0 saturated carbocycles. The molecule has 0 unspecified atom stereocenters. The number of allylic oxidation sites excluding steroid dienone is 2. The van der Waals surface area contributed by atoms with Gasteiger partial charge in [0.25, 0.3) is 11.5 Å². The molecule has 12 heteroatoms. The Balaban J connectivity index is 0.000000505. The quantitative estimate of drug-likeness (QED) is 0.197. The number of hydrogen-bond donors (Lipinski definition) is 1. The lowest BCUT2D eigenvalue weighted by atomic mass is 10.1. The number of rotatable bonds is 5. The highest BCUT2D eigenvalue weighted by atomic mass is 79.9. The number of terminal acetylenes is 1. The number of amides is 1. The molecule has 0 atom stereocenters. The van der Waals surface area contributed by atoms with E-state index in [4.69, 9.17) is 16.4 Å². The SMILES string of the molecule is C#C/C(C=NC)=C/C.CC.N#Cc1ccc(N2CCN(C(=O)c3cc(Oc4n[nH]c(=O)c5cc(Br)ccc45)ccc3F)CC2)nc1. The zero-order chi connectivity index (χ0) is 33.6. The van der Waals surface area contributed by atoms with Gasteiger partial charge < -0.3 is 14.5 Å². The lowest BCUT2D eigenvalue weighted by molar-refractivity contribution is 0.0741. The maximum Gasteiger partial charge on any atom is 0.272 e. The third-order valence-corrected chi connectivity index (χ3v) is 7.11. The molecular formula is C34H33BrFN7O3. The number of aromatic nitrogens is 3. The van der Waals surface area contributed by atoms with Gasteiger partial charge >= 0.3 is 0 Å². The zero-order valence-electron chi connectivity index (χ0n) is 25.9. The van der Waals surface area contributed by atoms with Gasteiger partial charge in [0.1, 0.15) is 23.5 Å². The van der Waals surface area contributed by atoms with Gasteiger partial charge in [-0.25, -0.2) is 14.5 Å². The van der Waals surface area contributed by atoms with Gasteiger partial charge in [-0.05, 0) is 55.5 Å². The molecule has 4 aromatic rings. The van der Waals surface area contributed by atoms with Crippen molar-refractivity contribution in [3.63, 3.8) is 0 Å². The fourth-order valence-corrected chi connectivity index (χ4v) is 4.68. The molecule has 236 valence electrons. The molecule has 2 aromatic carbocycles. The standard InChI is InChI=1S/C25H18BrFN6O3.C7H9N.C2H6/c26-16-2-4-18-19(11-16)23(34)30-31-24(18)36-17-3-5-21(27)20(12-17)25(35)33-9-7-32(8-10-33)22-6-1-15(13-28)14-29-22;1-4-7(5-2)6-8-3;1-2/h1-6,11-12,14H,7-10H2,(H,30,34);1,5-6H,2-3H3;1-2H3/b;7-5-,8-6?;. The Morgan fingerprint density at radius 3 is 2.46 bits per heavy atom. The van der Waals surface area contributed by atoms with E-state index in [9.17, 15) is 14.0 Å². The Morgan fingerprint density at radius 2 is 1.87 bits per heavy atom. The number of nitrogens with zero attached hydrogens (tertiary/aromatic N) is 6. The Morgan fingerprint density at radius 1 is 1.13 bits per heavy atom. The van der Waals surface area contributed by atoms with Gasteiger partial charge in [0.05, 0.1) is 21.9 Å². The van der Waals surface area contributed by atoms with E-state index in [1.54, 1.807) is 48.5 Å². The van der Waals surface area contributed by atoms with E-state index in [0.29, 0.717) is 42.5 Å². The van der Waals surface area contributed by atoms with E-state index in [-0.39, 0.29) is 22.8 Å². The Labute approximate surface area is 275 Å². The topological polar surface area (TPSA) is 128 Å². The number of fused-ring (bicyclic) bond motifs is 1. The van der Waals surface area contributed by atoms with Crippen molar-refractivity contribution in [1.29, 1.82) is 5.26 Å². The van der Waals surface area contributed by atoms with Gasteiger partial charge in [0.15, 0.2) is 0 Å². The Bertz CT molecular complexity index is 1870. The average Bonchev–Trinajstić information content (AvgIpc) is 3.10. The maximum atomic E-state index is 14.7. The number of hydrogen-bond acceptors (Lipinski definition) is 8. The number of anilines is 1. The van der Waals surface area contributed by atoms with Gasteiger partial charge in [-0.3, -0.25) is 14.6 Å².